The van der Waals surface area contributed by atoms with Crippen LogP contribution in [0.15, 0.2) is 72.8 Å². The van der Waals surface area contributed by atoms with Gasteiger partial charge in [0.05, 0.1) is 31.8 Å². The van der Waals surface area contributed by atoms with Crippen molar-refractivity contribution in [1.82, 2.24) is 9.55 Å². The molecule has 1 aliphatic rings. The van der Waals surface area contributed by atoms with E-state index in [1.807, 2.05) is 65.6 Å². The summed E-state index contributed by atoms with van der Waals surface area (Å²) in [4.78, 5) is 19.7. The fourth-order valence-electron chi connectivity index (χ4n) is 4.47. The summed E-state index contributed by atoms with van der Waals surface area (Å²) in [5.41, 5.74) is 3.96. The van der Waals surface area contributed by atoms with Crippen LogP contribution < -0.4 is 14.4 Å². The van der Waals surface area contributed by atoms with Crippen molar-refractivity contribution >= 4 is 22.6 Å². The summed E-state index contributed by atoms with van der Waals surface area (Å²) in [6, 6.07) is 23.8. The fourth-order valence-corrected chi connectivity index (χ4v) is 4.47. The number of carbonyl (C=O) groups excluding carboxylic acids is 1. The number of ether oxygens (including phenoxy) is 2. The summed E-state index contributed by atoms with van der Waals surface area (Å²) >= 11 is 0. The van der Waals surface area contributed by atoms with E-state index in [-0.39, 0.29) is 11.8 Å². The molecule has 1 saturated heterocycles. The number of fused-ring (bicyclic) bond motifs is 1. The predicted octanol–water partition coefficient (Wildman–Crippen LogP) is 4.62. The van der Waals surface area contributed by atoms with E-state index in [1.54, 1.807) is 14.2 Å². The minimum absolute atomic E-state index is 0.00621. The number of hydrogen-bond donors (Lipinski definition) is 0. The number of amides is 1. The van der Waals surface area contributed by atoms with Gasteiger partial charge < -0.3 is 18.9 Å². The van der Waals surface area contributed by atoms with Crippen molar-refractivity contribution in [2.75, 3.05) is 25.7 Å². The molecule has 1 fully saturated rings. The highest BCUT2D eigenvalue weighted by atomic mass is 16.5. The third-order valence-electron chi connectivity index (χ3n) is 6.08. The van der Waals surface area contributed by atoms with Crippen LogP contribution in [0.2, 0.25) is 0 Å². The normalized spacial score (nSPS) is 16.0. The van der Waals surface area contributed by atoms with Gasteiger partial charge in [0.15, 0.2) is 0 Å². The third kappa shape index (κ3) is 3.58. The Morgan fingerprint density at radius 3 is 2.47 bits per heavy atom. The van der Waals surface area contributed by atoms with Crippen LogP contribution in [0.3, 0.4) is 0 Å². The maximum absolute atomic E-state index is 12.9. The molecule has 0 spiro atoms. The molecule has 4 aromatic rings. The lowest BCUT2D eigenvalue weighted by Crippen LogP contribution is -2.24. The summed E-state index contributed by atoms with van der Waals surface area (Å²) in [6.07, 6.45) is 0.432. The van der Waals surface area contributed by atoms with Gasteiger partial charge in [-0.2, -0.15) is 0 Å². The van der Waals surface area contributed by atoms with Gasteiger partial charge in [0.25, 0.3) is 0 Å². The van der Waals surface area contributed by atoms with Crippen molar-refractivity contribution in [3.63, 3.8) is 0 Å². The van der Waals surface area contributed by atoms with Gasteiger partial charge in [0.2, 0.25) is 5.91 Å². The van der Waals surface area contributed by atoms with Gasteiger partial charge in [0, 0.05) is 30.1 Å². The molecule has 5 rings (SSSR count). The second kappa shape index (κ2) is 8.38. The molecule has 0 radical (unpaired) electrons. The Morgan fingerprint density at radius 2 is 1.69 bits per heavy atom. The molecule has 1 aliphatic heterocycles. The highest BCUT2D eigenvalue weighted by Gasteiger charge is 2.35. The van der Waals surface area contributed by atoms with Crippen LogP contribution in [-0.2, 0) is 11.3 Å². The van der Waals surface area contributed by atoms with E-state index < -0.39 is 0 Å². The van der Waals surface area contributed by atoms with Gasteiger partial charge in [-0.15, -0.1) is 0 Å². The molecule has 1 aromatic heterocycles. The van der Waals surface area contributed by atoms with Gasteiger partial charge >= 0.3 is 0 Å². The zero-order valence-electron chi connectivity index (χ0n) is 18.2. The van der Waals surface area contributed by atoms with Gasteiger partial charge in [-0.05, 0) is 42.5 Å². The quantitative estimate of drug-likeness (QED) is 0.451. The molecule has 1 amide bonds. The number of hydrogen-bond acceptors (Lipinski definition) is 4. The number of methoxy groups -OCH3 is 2. The first-order valence-corrected chi connectivity index (χ1v) is 10.7. The molecule has 0 unspecified atom stereocenters. The molecule has 0 bridgehead atoms. The molecular formula is C26H25N3O3. The molecule has 6 heteroatoms. The maximum atomic E-state index is 12.9. The summed E-state index contributed by atoms with van der Waals surface area (Å²) in [6.45, 7) is 1.23. The van der Waals surface area contributed by atoms with E-state index in [2.05, 4.69) is 16.7 Å². The number of aromatic nitrogens is 2. The van der Waals surface area contributed by atoms with Crippen molar-refractivity contribution in [1.29, 1.82) is 0 Å². The molecular weight excluding hydrogens is 402 g/mol. The van der Waals surface area contributed by atoms with E-state index in [1.165, 1.54) is 0 Å². The van der Waals surface area contributed by atoms with E-state index in [0.717, 1.165) is 39.6 Å². The van der Waals surface area contributed by atoms with Crippen LogP contribution in [0, 0.1) is 0 Å². The minimum atomic E-state index is 0.00621. The molecule has 6 nitrogen and oxygen atoms in total. The number of benzene rings is 3. The average Bonchev–Trinajstić information content (AvgIpc) is 3.40. The smallest absolute Gasteiger partial charge is 0.227 e. The highest BCUT2D eigenvalue weighted by molar-refractivity contribution is 5.96. The number of carbonyl (C=O) groups is 1. The van der Waals surface area contributed by atoms with E-state index in [0.29, 0.717) is 19.5 Å². The lowest BCUT2D eigenvalue weighted by Gasteiger charge is -2.18. The second-order valence-electron chi connectivity index (χ2n) is 7.96. The first-order chi connectivity index (χ1) is 15.7. The van der Waals surface area contributed by atoms with Crippen molar-refractivity contribution in [3.8, 4) is 11.5 Å². The summed E-state index contributed by atoms with van der Waals surface area (Å²) in [5, 5.41) is 0. The largest absolute Gasteiger partial charge is 0.497 e. The lowest BCUT2D eigenvalue weighted by molar-refractivity contribution is -0.117. The predicted molar refractivity (Wildman–Crippen MR) is 125 cm³/mol. The molecule has 0 saturated carbocycles. The Bertz CT molecular complexity index is 1260. The summed E-state index contributed by atoms with van der Waals surface area (Å²) in [7, 11) is 3.33. The Kier molecular flexibility index (Phi) is 5.27. The molecule has 2 heterocycles. The van der Waals surface area contributed by atoms with Crippen LogP contribution in [0.4, 0.5) is 5.69 Å². The average molecular weight is 428 g/mol. The molecule has 1 atom stereocenters. The number of para-hydroxylation sites is 3. The zero-order chi connectivity index (χ0) is 22.1. The molecule has 0 N–H and O–H groups in total. The molecule has 162 valence electrons. The van der Waals surface area contributed by atoms with E-state index >= 15 is 0 Å². The first-order valence-electron chi connectivity index (χ1n) is 10.7. The van der Waals surface area contributed by atoms with E-state index in [9.17, 15) is 4.79 Å². The Hall–Kier alpha value is -3.80. The van der Waals surface area contributed by atoms with Crippen LogP contribution in [0.1, 0.15) is 23.7 Å². The molecule has 32 heavy (non-hydrogen) atoms. The van der Waals surface area contributed by atoms with Crippen molar-refractivity contribution in [2.24, 2.45) is 0 Å². The van der Waals surface area contributed by atoms with Crippen LogP contribution in [0.25, 0.3) is 11.0 Å². The number of anilines is 1. The van der Waals surface area contributed by atoms with Crippen LogP contribution >= 0.6 is 0 Å². The monoisotopic (exact) mass is 427 g/mol. The first kappa shape index (κ1) is 20.1. The van der Waals surface area contributed by atoms with Gasteiger partial charge in [-0.25, -0.2) is 4.98 Å². The van der Waals surface area contributed by atoms with Crippen LogP contribution in [-0.4, -0.2) is 36.2 Å². The van der Waals surface area contributed by atoms with Crippen molar-refractivity contribution < 1.29 is 14.3 Å². The van der Waals surface area contributed by atoms with Crippen LogP contribution in [0.5, 0.6) is 11.5 Å². The Balaban J connectivity index is 1.51. The number of rotatable bonds is 6. The summed E-state index contributed by atoms with van der Waals surface area (Å²) in [5.74, 6) is 2.67. The Labute approximate surface area is 187 Å². The van der Waals surface area contributed by atoms with Crippen molar-refractivity contribution in [2.45, 2.75) is 18.9 Å². The number of imidazole rings is 1. The van der Waals surface area contributed by atoms with Crippen molar-refractivity contribution in [3.05, 3.63) is 84.2 Å². The second-order valence-corrected chi connectivity index (χ2v) is 7.96. The SMILES string of the molecule is COc1ccc(N2C[C@H](c3nc4ccccc4n3Cc3ccccc3OC)CC2=O)cc1. The molecule has 0 aliphatic carbocycles. The zero-order valence-corrected chi connectivity index (χ0v) is 18.2. The highest BCUT2D eigenvalue weighted by Crippen LogP contribution is 2.34. The number of nitrogens with zero attached hydrogens (tertiary/aromatic N) is 3. The summed E-state index contributed by atoms with van der Waals surface area (Å²) < 4.78 is 13.0. The van der Waals surface area contributed by atoms with Gasteiger partial charge in [-0.1, -0.05) is 30.3 Å². The fraction of sp³-hybridized carbons (Fsp3) is 0.231. The standard InChI is InChI=1S/C26H25N3O3/c1-31-21-13-11-20(12-14-21)28-17-19(15-25(28)30)26-27-22-8-4-5-9-23(22)29(26)16-18-7-3-6-10-24(18)32-2/h3-14,19H,15-17H2,1-2H3/t19-/m1/s1. The lowest BCUT2D eigenvalue weighted by atomic mass is 10.1. The third-order valence-corrected chi connectivity index (χ3v) is 6.08. The Morgan fingerprint density at radius 1 is 0.938 bits per heavy atom. The van der Waals surface area contributed by atoms with Gasteiger partial charge in [-0.3, -0.25) is 4.79 Å². The maximum Gasteiger partial charge on any atom is 0.227 e. The topological polar surface area (TPSA) is 56.6 Å². The van der Waals surface area contributed by atoms with Gasteiger partial charge in [0.1, 0.15) is 17.3 Å². The minimum Gasteiger partial charge on any atom is -0.497 e. The molecule has 3 aromatic carbocycles. The van der Waals surface area contributed by atoms with E-state index in [4.69, 9.17) is 14.5 Å².